The largest absolute Gasteiger partial charge is 0.469 e. The van der Waals surface area contributed by atoms with E-state index in [0.29, 0.717) is 12.5 Å². The van der Waals surface area contributed by atoms with Crippen LogP contribution in [0.4, 0.5) is 0 Å². The maximum absolute atomic E-state index is 10.8. The lowest BCUT2D eigenvalue weighted by Gasteiger charge is -2.09. The molecule has 1 rings (SSSR count). The van der Waals surface area contributed by atoms with Gasteiger partial charge in [-0.25, -0.2) is 0 Å². The maximum atomic E-state index is 10.8. The molecule has 1 aliphatic heterocycles. The van der Waals surface area contributed by atoms with Crippen molar-refractivity contribution in [3.63, 3.8) is 0 Å². The van der Waals surface area contributed by atoms with Gasteiger partial charge in [-0.2, -0.15) is 0 Å². The third-order valence-electron chi connectivity index (χ3n) is 2.63. The van der Waals surface area contributed by atoms with Gasteiger partial charge in [0.2, 0.25) is 0 Å². The molecular weight excluding hydrogens is 194 g/mol. The molecule has 1 N–H and O–H groups in total. The molecule has 0 spiro atoms. The first kappa shape index (κ1) is 12.5. The van der Waals surface area contributed by atoms with Gasteiger partial charge in [-0.3, -0.25) is 4.79 Å². The Morgan fingerprint density at radius 1 is 1.53 bits per heavy atom. The zero-order valence-electron chi connectivity index (χ0n) is 9.46. The average molecular weight is 215 g/mol. The number of carbonyl (C=O) groups excluding carboxylic acids is 1. The van der Waals surface area contributed by atoms with E-state index < -0.39 is 0 Å². The predicted molar refractivity (Wildman–Crippen MR) is 57.7 cm³/mol. The molecule has 0 radical (unpaired) electrons. The van der Waals surface area contributed by atoms with Gasteiger partial charge >= 0.3 is 5.97 Å². The Bertz CT molecular complexity index is 179. The van der Waals surface area contributed by atoms with Gasteiger partial charge < -0.3 is 14.8 Å². The van der Waals surface area contributed by atoms with Crippen molar-refractivity contribution in [3.8, 4) is 0 Å². The second-order valence-electron chi connectivity index (χ2n) is 3.85. The molecule has 0 aromatic rings. The van der Waals surface area contributed by atoms with E-state index in [1.165, 1.54) is 20.0 Å². The Morgan fingerprint density at radius 3 is 3.07 bits per heavy atom. The van der Waals surface area contributed by atoms with Crippen molar-refractivity contribution < 1.29 is 14.3 Å². The van der Waals surface area contributed by atoms with E-state index in [9.17, 15) is 4.79 Å². The van der Waals surface area contributed by atoms with Crippen molar-refractivity contribution in [3.05, 3.63) is 0 Å². The lowest BCUT2D eigenvalue weighted by molar-refractivity contribution is -0.140. The van der Waals surface area contributed by atoms with Crippen LogP contribution in [0.2, 0.25) is 0 Å². The third-order valence-corrected chi connectivity index (χ3v) is 2.63. The van der Waals surface area contributed by atoms with Crippen molar-refractivity contribution in [1.82, 2.24) is 5.32 Å². The summed E-state index contributed by atoms with van der Waals surface area (Å²) in [6.45, 7) is 2.78. The molecule has 1 heterocycles. The summed E-state index contributed by atoms with van der Waals surface area (Å²) in [6.07, 6.45) is 5.29. The van der Waals surface area contributed by atoms with Crippen molar-refractivity contribution >= 4 is 5.97 Å². The van der Waals surface area contributed by atoms with Gasteiger partial charge in [0.25, 0.3) is 0 Å². The fraction of sp³-hybridized carbons (Fsp3) is 0.909. The SMILES string of the molecule is COC(=O)CCCNCCC1CCCO1. The van der Waals surface area contributed by atoms with Crippen LogP contribution in [-0.4, -0.2) is 38.9 Å². The predicted octanol–water partition coefficient (Wildman–Crippen LogP) is 1.10. The van der Waals surface area contributed by atoms with Gasteiger partial charge in [-0.15, -0.1) is 0 Å². The summed E-state index contributed by atoms with van der Waals surface area (Å²) in [6, 6.07) is 0. The average Bonchev–Trinajstić information content (AvgIpc) is 2.75. The number of hydrogen-bond acceptors (Lipinski definition) is 4. The van der Waals surface area contributed by atoms with E-state index >= 15 is 0 Å². The second kappa shape index (κ2) is 7.65. The van der Waals surface area contributed by atoms with Crippen LogP contribution in [0.25, 0.3) is 0 Å². The van der Waals surface area contributed by atoms with Crippen LogP contribution in [0, 0.1) is 0 Å². The fourth-order valence-corrected chi connectivity index (χ4v) is 1.72. The number of rotatable bonds is 7. The van der Waals surface area contributed by atoms with Crippen LogP contribution >= 0.6 is 0 Å². The summed E-state index contributed by atoms with van der Waals surface area (Å²) in [7, 11) is 1.42. The second-order valence-corrected chi connectivity index (χ2v) is 3.85. The molecule has 0 amide bonds. The highest BCUT2D eigenvalue weighted by Gasteiger charge is 2.14. The minimum atomic E-state index is -0.129. The Balaban J connectivity index is 1.82. The lowest BCUT2D eigenvalue weighted by atomic mass is 10.2. The molecular formula is C11H21NO3. The maximum Gasteiger partial charge on any atom is 0.305 e. The van der Waals surface area contributed by atoms with Crippen molar-refractivity contribution in [2.24, 2.45) is 0 Å². The molecule has 4 nitrogen and oxygen atoms in total. The molecule has 0 aromatic heterocycles. The Kier molecular flexibility index (Phi) is 6.36. The van der Waals surface area contributed by atoms with Crippen LogP contribution in [0.1, 0.15) is 32.1 Å². The van der Waals surface area contributed by atoms with E-state index in [1.807, 2.05) is 0 Å². The summed E-state index contributed by atoms with van der Waals surface area (Å²) < 4.78 is 10.1. The number of nitrogens with one attached hydrogen (secondary N) is 1. The molecule has 1 fully saturated rings. The standard InChI is InChI=1S/C11H21NO3/c1-14-11(13)5-2-7-12-8-6-10-4-3-9-15-10/h10,12H,2-9H2,1H3. The molecule has 0 aliphatic carbocycles. The first-order valence-electron chi connectivity index (χ1n) is 5.72. The van der Waals surface area contributed by atoms with Crippen molar-refractivity contribution in [2.45, 2.75) is 38.2 Å². The van der Waals surface area contributed by atoms with E-state index in [4.69, 9.17) is 4.74 Å². The quantitative estimate of drug-likeness (QED) is 0.510. The Hall–Kier alpha value is -0.610. The van der Waals surface area contributed by atoms with Crippen LogP contribution in [0.5, 0.6) is 0 Å². The van der Waals surface area contributed by atoms with Gasteiger partial charge in [0.15, 0.2) is 0 Å². The van der Waals surface area contributed by atoms with Crippen LogP contribution < -0.4 is 5.32 Å². The fourth-order valence-electron chi connectivity index (χ4n) is 1.72. The minimum absolute atomic E-state index is 0.129. The van der Waals surface area contributed by atoms with Gasteiger partial charge in [-0.05, 0) is 38.8 Å². The van der Waals surface area contributed by atoms with Gasteiger partial charge in [-0.1, -0.05) is 0 Å². The van der Waals surface area contributed by atoms with E-state index in [1.54, 1.807) is 0 Å². The molecule has 1 aliphatic rings. The van der Waals surface area contributed by atoms with Crippen LogP contribution in [0.3, 0.4) is 0 Å². The zero-order valence-corrected chi connectivity index (χ0v) is 9.46. The zero-order chi connectivity index (χ0) is 10.9. The third kappa shape index (κ3) is 5.74. The van der Waals surface area contributed by atoms with Crippen molar-refractivity contribution in [2.75, 3.05) is 26.8 Å². The number of hydrogen-bond donors (Lipinski definition) is 1. The topological polar surface area (TPSA) is 47.6 Å². The Labute approximate surface area is 91.3 Å². The highest BCUT2D eigenvalue weighted by atomic mass is 16.5. The van der Waals surface area contributed by atoms with E-state index in [-0.39, 0.29) is 5.97 Å². The highest BCUT2D eigenvalue weighted by molar-refractivity contribution is 5.68. The molecule has 15 heavy (non-hydrogen) atoms. The number of ether oxygens (including phenoxy) is 2. The summed E-state index contributed by atoms with van der Waals surface area (Å²) in [5.41, 5.74) is 0. The number of esters is 1. The molecule has 4 heteroatoms. The van der Waals surface area contributed by atoms with E-state index in [2.05, 4.69) is 10.1 Å². The minimum Gasteiger partial charge on any atom is -0.469 e. The molecule has 1 unspecified atom stereocenters. The normalized spacial score (nSPS) is 20.5. The monoisotopic (exact) mass is 215 g/mol. The molecule has 1 saturated heterocycles. The summed E-state index contributed by atoms with van der Waals surface area (Å²) >= 11 is 0. The first-order chi connectivity index (χ1) is 7.33. The summed E-state index contributed by atoms with van der Waals surface area (Å²) in [5, 5.41) is 3.30. The molecule has 0 aromatic carbocycles. The smallest absolute Gasteiger partial charge is 0.305 e. The van der Waals surface area contributed by atoms with Gasteiger partial charge in [0.05, 0.1) is 13.2 Å². The molecule has 1 atom stereocenters. The molecule has 0 bridgehead atoms. The van der Waals surface area contributed by atoms with Gasteiger partial charge in [0, 0.05) is 13.0 Å². The van der Waals surface area contributed by atoms with Crippen molar-refractivity contribution in [1.29, 1.82) is 0 Å². The summed E-state index contributed by atoms with van der Waals surface area (Å²) in [4.78, 5) is 10.8. The van der Waals surface area contributed by atoms with E-state index in [0.717, 1.165) is 32.5 Å². The van der Waals surface area contributed by atoms with Gasteiger partial charge in [0.1, 0.15) is 0 Å². The lowest BCUT2D eigenvalue weighted by Crippen LogP contribution is -2.21. The summed E-state index contributed by atoms with van der Waals surface area (Å²) in [5.74, 6) is -0.129. The molecule has 88 valence electrons. The highest BCUT2D eigenvalue weighted by Crippen LogP contribution is 2.14. The number of methoxy groups -OCH3 is 1. The van der Waals surface area contributed by atoms with Crippen LogP contribution in [0.15, 0.2) is 0 Å². The number of carbonyl (C=O) groups is 1. The first-order valence-corrected chi connectivity index (χ1v) is 5.72. The Morgan fingerprint density at radius 2 is 2.40 bits per heavy atom. The molecule has 0 saturated carbocycles. The van der Waals surface area contributed by atoms with Crippen LogP contribution in [-0.2, 0) is 14.3 Å².